The number of nitrogens with one attached hydrogen (secondary N) is 3. The number of nitrogens with zero attached hydrogens (tertiary/aromatic N) is 4. The highest BCUT2D eigenvalue weighted by Crippen LogP contribution is 2.42. The van der Waals surface area contributed by atoms with Crippen molar-refractivity contribution in [2.45, 2.75) is 97.8 Å². The summed E-state index contributed by atoms with van der Waals surface area (Å²) in [6.45, 7) is 14.7. The number of amides is 5. The second kappa shape index (κ2) is 23.2. The first-order valence-corrected chi connectivity index (χ1v) is 25.1. The lowest BCUT2D eigenvalue weighted by atomic mass is 9.83. The van der Waals surface area contributed by atoms with Crippen LogP contribution in [0.3, 0.4) is 0 Å². The van der Waals surface area contributed by atoms with Gasteiger partial charge in [-0.05, 0) is 103 Å². The van der Waals surface area contributed by atoms with E-state index in [4.69, 9.17) is 14.2 Å². The molecular formula is C55H69N7O11. The van der Waals surface area contributed by atoms with Crippen LogP contribution >= 0.6 is 0 Å². The van der Waals surface area contributed by atoms with Crippen molar-refractivity contribution in [2.75, 3.05) is 53.6 Å². The fraction of sp³-hybridized carbons (Fsp3) is 0.473. The van der Waals surface area contributed by atoms with Crippen molar-refractivity contribution in [3.63, 3.8) is 0 Å². The monoisotopic (exact) mass is 1000 g/mol. The molecule has 73 heavy (non-hydrogen) atoms. The molecule has 0 radical (unpaired) electrons. The summed E-state index contributed by atoms with van der Waals surface area (Å²) in [5.74, 6) is -4.46. The zero-order valence-electron chi connectivity index (χ0n) is 43.0. The molecule has 2 fully saturated rings. The number of methoxy groups -OCH3 is 1. The number of aromatic nitrogens is 1. The van der Waals surface area contributed by atoms with Gasteiger partial charge in [0, 0.05) is 68.6 Å². The van der Waals surface area contributed by atoms with Crippen LogP contribution in [0.15, 0.2) is 73.3 Å². The number of rotatable bonds is 14. The first-order chi connectivity index (χ1) is 34.8. The number of likely N-dealkylation sites (N-methyl/N-ethyl adjacent to an activating group) is 1. The second-order valence-corrected chi connectivity index (χ2v) is 20.3. The predicted octanol–water partition coefficient (Wildman–Crippen LogP) is 5.52. The molecule has 3 aliphatic heterocycles. The molecule has 4 N–H and O–H groups in total. The van der Waals surface area contributed by atoms with Crippen molar-refractivity contribution in [3.8, 4) is 28.1 Å². The highest BCUT2D eigenvalue weighted by Gasteiger charge is 2.40. The maximum absolute atomic E-state index is 15.0. The number of likely N-dealkylation sites (tertiary alicyclic amines) is 1. The standard InChI is InChI=1S/C55H69N7O11/c1-9-46(63)60-22-19-37(31-60)51(67)59(7)48(33(3)4)50(66)57-44-26-34-24-38(27-39(25-34)73-54(70)56-30-47(64)65)36-17-18-45-41(28-36)42(49(61(45)10-2)40-15-12-11-14-35(40)20-23-71-8)29-55(5,6)32-72-53(69)43-16-13-21-62(58-43)52(44)68/h9,11-12,14-15,17-18,24-25,27-28,33,37,43-44,48,58H,1,10,13,16,19-23,26,29-32H2,2-8H3,(H,56,70)(H,57,66)(H,64,65)/t37-,43-,44-,48-/m0/s1. The Hall–Kier alpha value is -7.05. The van der Waals surface area contributed by atoms with Gasteiger partial charge in [0.15, 0.2) is 0 Å². The van der Waals surface area contributed by atoms with Gasteiger partial charge in [-0.2, -0.15) is 0 Å². The summed E-state index contributed by atoms with van der Waals surface area (Å²) in [4.78, 5) is 97.6. The van der Waals surface area contributed by atoms with Gasteiger partial charge in [-0.3, -0.25) is 33.8 Å². The van der Waals surface area contributed by atoms with Crippen LogP contribution < -0.4 is 20.8 Å². The van der Waals surface area contributed by atoms with E-state index >= 15 is 0 Å². The van der Waals surface area contributed by atoms with Crippen LogP contribution in [0, 0.1) is 17.3 Å². The van der Waals surface area contributed by atoms with Gasteiger partial charge in [0.25, 0.3) is 5.91 Å². The summed E-state index contributed by atoms with van der Waals surface area (Å²) in [6, 6.07) is 16.2. The second-order valence-electron chi connectivity index (χ2n) is 20.3. The Morgan fingerprint density at radius 1 is 1.03 bits per heavy atom. The third-order valence-electron chi connectivity index (χ3n) is 14.0. The summed E-state index contributed by atoms with van der Waals surface area (Å²) in [5, 5.41) is 16.8. The van der Waals surface area contributed by atoms with E-state index in [0.717, 1.165) is 38.9 Å². The van der Waals surface area contributed by atoms with Gasteiger partial charge in [-0.25, -0.2) is 10.2 Å². The van der Waals surface area contributed by atoms with Crippen LogP contribution in [0.5, 0.6) is 5.75 Å². The van der Waals surface area contributed by atoms with E-state index in [1.54, 1.807) is 45.0 Å². The summed E-state index contributed by atoms with van der Waals surface area (Å²) in [5.41, 5.74) is 9.53. The van der Waals surface area contributed by atoms with Crippen LogP contribution in [0.2, 0.25) is 0 Å². The molecule has 7 rings (SSSR count). The Morgan fingerprint density at radius 2 is 1.79 bits per heavy atom. The van der Waals surface area contributed by atoms with E-state index in [1.807, 2.05) is 30.3 Å². The number of cyclic esters (lactones) is 1. The molecule has 6 bridgehead atoms. The van der Waals surface area contributed by atoms with Crippen LogP contribution in [-0.4, -0.2) is 138 Å². The quantitative estimate of drug-likeness (QED) is 0.0907. The molecule has 5 amide bonds. The zero-order chi connectivity index (χ0) is 52.7. The number of hydrogen-bond donors (Lipinski definition) is 4. The molecule has 1 aromatic heterocycles. The molecule has 0 unspecified atom stereocenters. The van der Waals surface area contributed by atoms with Gasteiger partial charge in [-0.15, -0.1) is 0 Å². The molecule has 18 heteroatoms. The number of carbonyl (C=O) groups excluding carboxylic acids is 6. The van der Waals surface area contributed by atoms with Crippen molar-refractivity contribution in [1.82, 2.24) is 35.4 Å². The number of carboxylic acids is 1. The van der Waals surface area contributed by atoms with E-state index < -0.39 is 71.8 Å². The highest BCUT2D eigenvalue weighted by molar-refractivity contribution is 5.96. The Balaban J connectivity index is 1.36. The molecule has 4 aromatic rings. The minimum Gasteiger partial charge on any atom is -0.480 e. The fourth-order valence-electron chi connectivity index (χ4n) is 10.4. The largest absolute Gasteiger partial charge is 0.480 e. The highest BCUT2D eigenvalue weighted by atomic mass is 16.6. The summed E-state index contributed by atoms with van der Waals surface area (Å²) in [7, 11) is 3.23. The topological polar surface area (TPSA) is 218 Å². The van der Waals surface area contributed by atoms with E-state index in [1.165, 1.54) is 16.0 Å². The third-order valence-corrected chi connectivity index (χ3v) is 14.0. The molecule has 4 heterocycles. The van der Waals surface area contributed by atoms with E-state index in [0.29, 0.717) is 62.9 Å². The number of benzene rings is 3. The number of fused-ring (bicyclic) bond motifs is 6. The Bertz CT molecular complexity index is 2770. The summed E-state index contributed by atoms with van der Waals surface area (Å²) >= 11 is 0. The van der Waals surface area contributed by atoms with Crippen molar-refractivity contribution in [3.05, 3.63) is 90.0 Å². The number of carbonyl (C=O) groups is 7. The molecule has 18 nitrogen and oxygen atoms in total. The van der Waals surface area contributed by atoms with Crippen molar-refractivity contribution < 1.29 is 52.9 Å². The SMILES string of the molecule is C=CC(=O)N1CC[C@H](C(=O)N(C)[C@H](C(=O)N[C@H]2Cc3cc(OC(=O)NCC(=O)O)cc(c3)-c3ccc4c(c3)c(c(-c3ccccc3CCOC)n4CC)CC(C)(C)COC(=O)[C@@H]3CCCN(N3)C2=O)C(C)C)C1. The zero-order valence-corrected chi connectivity index (χ0v) is 43.0. The van der Waals surface area contributed by atoms with Gasteiger partial charge in [0.2, 0.25) is 17.7 Å². The van der Waals surface area contributed by atoms with Crippen LogP contribution in [-0.2, 0) is 64.0 Å². The number of hydrazine groups is 1. The molecule has 3 aromatic carbocycles. The fourth-order valence-corrected chi connectivity index (χ4v) is 10.4. The predicted molar refractivity (Wildman–Crippen MR) is 274 cm³/mol. The van der Waals surface area contributed by atoms with Gasteiger partial charge in [0.1, 0.15) is 30.4 Å². The van der Waals surface area contributed by atoms with Gasteiger partial charge in [0.05, 0.1) is 24.8 Å². The van der Waals surface area contributed by atoms with Crippen molar-refractivity contribution in [1.29, 1.82) is 0 Å². The lowest BCUT2D eigenvalue weighted by molar-refractivity contribution is -0.155. The maximum atomic E-state index is 15.0. The minimum atomic E-state index is -1.29. The molecule has 0 spiro atoms. The first kappa shape index (κ1) is 53.7. The molecule has 390 valence electrons. The molecular weight excluding hydrogens is 935 g/mol. The van der Waals surface area contributed by atoms with Gasteiger partial charge >= 0.3 is 18.0 Å². The third kappa shape index (κ3) is 12.4. The van der Waals surface area contributed by atoms with Gasteiger partial charge in [-0.1, -0.05) is 70.7 Å². The van der Waals surface area contributed by atoms with Crippen LogP contribution in [0.25, 0.3) is 33.3 Å². The Kier molecular flexibility index (Phi) is 17.1. The van der Waals surface area contributed by atoms with Crippen molar-refractivity contribution >= 4 is 52.6 Å². The molecule has 4 atom stereocenters. The molecule has 0 aliphatic carbocycles. The smallest absolute Gasteiger partial charge is 0.413 e. The lowest BCUT2D eigenvalue weighted by Gasteiger charge is -2.37. The lowest BCUT2D eigenvalue weighted by Crippen LogP contribution is -2.62. The van der Waals surface area contributed by atoms with Gasteiger partial charge < -0.3 is 44.3 Å². The number of aliphatic carboxylic acids is 1. The average molecular weight is 1000 g/mol. The minimum absolute atomic E-state index is 0.0486. The maximum Gasteiger partial charge on any atom is 0.413 e. The molecule has 3 aliphatic rings. The van der Waals surface area contributed by atoms with E-state index in [-0.39, 0.29) is 43.7 Å². The van der Waals surface area contributed by atoms with Crippen molar-refractivity contribution in [2.24, 2.45) is 17.3 Å². The molecule has 2 saturated heterocycles. The Labute approximate surface area is 426 Å². The van der Waals surface area contributed by atoms with E-state index in [2.05, 4.69) is 66.2 Å². The average Bonchev–Trinajstić information content (AvgIpc) is 3.98. The summed E-state index contributed by atoms with van der Waals surface area (Å²) in [6.07, 6.45) is 2.49. The number of aryl methyl sites for hydroxylation is 1. The number of esters is 1. The van der Waals surface area contributed by atoms with E-state index in [9.17, 15) is 38.7 Å². The number of ether oxygens (including phenoxy) is 3. The summed E-state index contributed by atoms with van der Waals surface area (Å²) < 4.78 is 19.7. The number of hydrogen-bond acceptors (Lipinski definition) is 11. The normalized spacial score (nSPS) is 19.4. The first-order valence-electron chi connectivity index (χ1n) is 25.1. The number of carboxylic acid groups (broad SMARTS) is 1. The molecule has 0 saturated carbocycles. The van der Waals surface area contributed by atoms with Crippen LogP contribution in [0.1, 0.15) is 70.6 Å². The van der Waals surface area contributed by atoms with Crippen LogP contribution in [0.4, 0.5) is 4.79 Å². The Morgan fingerprint density at radius 3 is 2.51 bits per heavy atom.